The summed E-state index contributed by atoms with van der Waals surface area (Å²) in [6.07, 6.45) is 4.52. The number of phenolic OH excluding ortho intramolecular Hbond substituents is 1. The minimum Gasteiger partial charge on any atom is -0.508 e. The number of amidine groups is 1. The molecule has 1 atom stereocenters. The van der Waals surface area contributed by atoms with Gasteiger partial charge in [-0.1, -0.05) is 13.0 Å². The standard InChI is InChI=1S/C28H28F3N5O4S/c1-3-17-10-20(37)5-7-24(17)35-27(32)23-13-33-36-14-18(11-25(36)26(23)34-19-8-9-40-15-19)22-12-21(6-4-16(22)2)41(38,39)28(29,30)31/h4-7,10-14,19,34,37H,3,8-9,15H2,1-2H3,(H2,32,35)/t19-/m0/s1. The number of rotatable bonds is 7. The summed E-state index contributed by atoms with van der Waals surface area (Å²) in [5.41, 5.74) is 5.49. The molecule has 0 radical (unpaired) electrons. The molecule has 4 aromatic rings. The van der Waals surface area contributed by atoms with Gasteiger partial charge in [-0.3, -0.25) is 0 Å². The molecule has 0 bridgehead atoms. The van der Waals surface area contributed by atoms with E-state index in [4.69, 9.17) is 10.5 Å². The van der Waals surface area contributed by atoms with Gasteiger partial charge in [-0.05, 0) is 72.9 Å². The van der Waals surface area contributed by atoms with Gasteiger partial charge in [-0.2, -0.15) is 18.3 Å². The summed E-state index contributed by atoms with van der Waals surface area (Å²) in [6.45, 7) is 4.66. The van der Waals surface area contributed by atoms with E-state index in [2.05, 4.69) is 15.4 Å². The number of anilines is 1. The highest BCUT2D eigenvalue weighted by Gasteiger charge is 2.47. The van der Waals surface area contributed by atoms with Gasteiger partial charge in [0.2, 0.25) is 0 Å². The van der Waals surface area contributed by atoms with Crippen LogP contribution in [0.5, 0.6) is 5.75 Å². The average Bonchev–Trinajstić information content (AvgIpc) is 3.59. The third kappa shape index (κ3) is 5.46. The molecule has 0 amide bonds. The smallest absolute Gasteiger partial charge is 0.501 e. The number of nitrogens with zero attached hydrogens (tertiary/aromatic N) is 3. The first-order valence-corrected chi connectivity index (χ1v) is 14.3. The summed E-state index contributed by atoms with van der Waals surface area (Å²) in [7, 11) is -5.53. The SMILES string of the molecule is CCc1cc(O)ccc1/N=C(\N)c1cnn2cc(-c3cc(S(=O)(=O)C(F)(F)F)ccc3C)cc2c1N[C@H]1CCOC1. The van der Waals surface area contributed by atoms with Crippen molar-refractivity contribution in [2.45, 2.75) is 43.1 Å². The molecule has 0 spiro atoms. The number of halogens is 3. The first kappa shape index (κ1) is 28.4. The van der Waals surface area contributed by atoms with Crippen molar-refractivity contribution in [2.24, 2.45) is 10.7 Å². The zero-order valence-electron chi connectivity index (χ0n) is 22.2. The van der Waals surface area contributed by atoms with Crippen LogP contribution in [-0.2, 0) is 21.0 Å². The second-order valence-electron chi connectivity index (χ2n) is 9.79. The molecule has 1 aliphatic rings. The van der Waals surface area contributed by atoms with E-state index in [9.17, 15) is 26.7 Å². The average molecular weight is 588 g/mol. The summed E-state index contributed by atoms with van der Waals surface area (Å²) < 4.78 is 71.0. The number of aromatic hydroxyl groups is 1. The molecule has 1 fully saturated rings. The van der Waals surface area contributed by atoms with E-state index in [1.807, 2.05) is 6.92 Å². The fraction of sp³-hybridized carbons (Fsp3) is 0.286. The van der Waals surface area contributed by atoms with Crippen LogP contribution in [0.25, 0.3) is 16.6 Å². The predicted octanol–water partition coefficient (Wildman–Crippen LogP) is 5.11. The second kappa shape index (κ2) is 10.7. The highest BCUT2D eigenvalue weighted by atomic mass is 32.2. The number of nitrogens with one attached hydrogen (secondary N) is 1. The molecule has 1 aliphatic heterocycles. The molecule has 0 aliphatic carbocycles. The van der Waals surface area contributed by atoms with E-state index in [0.717, 1.165) is 24.1 Å². The summed E-state index contributed by atoms with van der Waals surface area (Å²) in [4.78, 5) is 3.77. The van der Waals surface area contributed by atoms with Crippen LogP contribution in [0.15, 0.2) is 64.7 Å². The molecule has 41 heavy (non-hydrogen) atoms. The van der Waals surface area contributed by atoms with E-state index in [1.54, 1.807) is 35.8 Å². The molecular weight excluding hydrogens is 559 g/mol. The van der Waals surface area contributed by atoms with Gasteiger partial charge in [0.05, 0.1) is 46.2 Å². The van der Waals surface area contributed by atoms with Crippen molar-refractivity contribution >= 4 is 32.6 Å². The van der Waals surface area contributed by atoms with E-state index in [0.29, 0.717) is 58.8 Å². The molecule has 0 unspecified atom stereocenters. The van der Waals surface area contributed by atoms with Gasteiger partial charge in [0.25, 0.3) is 9.84 Å². The van der Waals surface area contributed by atoms with Crippen molar-refractivity contribution in [3.05, 3.63) is 71.5 Å². The molecule has 0 saturated carbocycles. The Bertz CT molecular complexity index is 1760. The first-order valence-electron chi connectivity index (χ1n) is 12.8. The maximum absolute atomic E-state index is 13.3. The van der Waals surface area contributed by atoms with E-state index in [1.165, 1.54) is 18.3 Å². The minimum absolute atomic E-state index is 0.0343. The van der Waals surface area contributed by atoms with E-state index < -0.39 is 20.2 Å². The number of nitrogens with two attached hydrogens (primary N) is 1. The van der Waals surface area contributed by atoms with Gasteiger partial charge in [0.1, 0.15) is 11.6 Å². The van der Waals surface area contributed by atoms with Crippen LogP contribution in [0.2, 0.25) is 0 Å². The largest absolute Gasteiger partial charge is 0.508 e. The Morgan fingerprint density at radius 3 is 2.71 bits per heavy atom. The van der Waals surface area contributed by atoms with Crippen LogP contribution in [0.1, 0.15) is 30.0 Å². The maximum Gasteiger partial charge on any atom is 0.501 e. The minimum atomic E-state index is -5.53. The normalized spacial score (nSPS) is 16.4. The van der Waals surface area contributed by atoms with Gasteiger partial charge in [-0.25, -0.2) is 17.9 Å². The van der Waals surface area contributed by atoms with Crippen LogP contribution >= 0.6 is 0 Å². The molecule has 216 valence electrons. The number of fused-ring (bicyclic) bond motifs is 1. The van der Waals surface area contributed by atoms with Crippen LogP contribution in [0, 0.1) is 6.92 Å². The molecule has 4 N–H and O–H groups in total. The fourth-order valence-corrected chi connectivity index (χ4v) is 5.56. The number of phenols is 1. The lowest BCUT2D eigenvalue weighted by molar-refractivity contribution is -0.0436. The van der Waals surface area contributed by atoms with Crippen LogP contribution in [0.3, 0.4) is 0 Å². The Morgan fingerprint density at radius 1 is 1.24 bits per heavy atom. The van der Waals surface area contributed by atoms with E-state index in [-0.39, 0.29) is 17.6 Å². The lowest BCUT2D eigenvalue weighted by Crippen LogP contribution is -2.24. The quantitative estimate of drug-likeness (QED) is 0.202. The lowest BCUT2D eigenvalue weighted by Gasteiger charge is -2.17. The number of sulfone groups is 1. The third-order valence-electron chi connectivity index (χ3n) is 7.01. The molecule has 5 rings (SSSR count). The van der Waals surface area contributed by atoms with Gasteiger partial charge in [0, 0.05) is 18.4 Å². The molecule has 1 saturated heterocycles. The zero-order chi connectivity index (χ0) is 29.5. The maximum atomic E-state index is 13.3. The number of aliphatic imine (C=N–C) groups is 1. The van der Waals surface area contributed by atoms with Crippen molar-refractivity contribution in [1.82, 2.24) is 9.61 Å². The monoisotopic (exact) mass is 587 g/mol. The number of ether oxygens (including phenoxy) is 1. The topological polar surface area (TPSA) is 131 Å². The number of hydrogen-bond donors (Lipinski definition) is 3. The summed E-state index contributed by atoms with van der Waals surface area (Å²) >= 11 is 0. The lowest BCUT2D eigenvalue weighted by atomic mass is 10.0. The van der Waals surface area contributed by atoms with Crippen molar-refractivity contribution in [3.8, 4) is 16.9 Å². The number of hydrogen-bond acceptors (Lipinski definition) is 7. The van der Waals surface area contributed by atoms with Gasteiger partial charge in [-0.15, -0.1) is 0 Å². The Morgan fingerprint density at radius 2 is 2.02 bits per heavy atom. The molecule has 3 heterocycles. The van der Waals surface area contributed by atoms with Crippen LogP contribution < -0.4 is 11.1 Å². The van der Waals surface area contributed by atoms with Crippen LogP contribution in [-0.4, -0.2) is 53.7 Å². The van der Waals surface area contributed by atoms with Crippen molar-refractivity contribution in [2.75, 3.05) is 18.5 Å². The third-order valence-corrected chi connectivity index (χ3v) is 8.50. The highest BCUT2D eigenvalue weighted by Crippen LogP contribution is 2.36. The fourth-order valence-electron chi connectivity index (χ4n) is 4.77. The number of aryl methyl sites for hydroxylation is 2. The summed E-state index contributed by atoms with van der Waals surface area (Å²) in [6, 6.07) is 9.82. The summed E-state index contributed by atoms with van der Waals surface area (Å²) in [5.74, 6) is 0.285. The molecular formula is C28H28F3N5O4S. The van der Waals surface area contributed by atoms with Gasteiger partial charge in [0.15, 0.2) is 0 Å². The zero-order valence-corrected chi connectivity index (χ0v) is 23.1. The van der Waals surface area contributed by atoms with Gasteiger partial charge >= 0.3 is 5.51 Å². The molecule has 13 heteroatoms. The molecule has 2 aromatic heterocycles. The Hall–Kier alpha value is -4.10. The predicted molar refractivity (Wildman–Crippen MR) is 149 cm³/mol. The summed E-state index contributed by atoms with van der Waals surface area (Å²) in [5, 5.41) is 17.8. The van der Waals surface area contributed by atoms with Crippen molar-refractivity contribution in [1.29, 1.82) is 0 Å². The van der Waals surface area contributed by atoms with Gasteiger partial charge < -0.3 is 20.9 Å². The first-order chi connectivity index (χ1) is 19.4. The Balaban J connectivity index is 1.65. The molecule has 2 aromatic carbocycles. The number of aromatic nitrogens is 2. The van der Waals surface area contributed by atoms with Crippen molar-refractivity contribution in [3.63, 3.8) is 0 Å². The van der Waals surface area contributed by atoms with E-state index >= 15 is 0 Å². The molecule has 9 nitrogen and oxygen atoms in total. The Labute approximate surface area is 234 Å². The highest BCUT2D eigenvalue weighted by molar-refractivity contribution is 7.92. The van der Waals surface area contributed by atoms with Crippen molar-refractivity contribution < 1.29 is 31.4 Å². The Kier molecular flexibility index (Phi) is 7.43. The number of benzene rings is 2. The van der Waals surface area contributed by atoms with Crippen LogP contribution in [0.4, 0.5) is 24.5 Å². The number of alkyl halides is 3. The second-order valence-corrected chi connectivity index (χ2v) is 11.7.